The minimum atomic E-state index is -0.730. The minimum absolute atomic E-state index is 0.00893. The summed E-state index contributed by atoms with van der Waals surface area (Å²) in [4.78, 5) is 32.6. The van der Waals surface area contributed by atoms with Gasteiger partial charge in [0.25, 0.3) is 0 Å². The van der Waals surface area contributed by atoms with Crippen LogP contribution in [0, 0.1) is 0 Å². The van der Waals surface area contributed by atoms with Crippen LogP contribution in [0.2, 0.25) is 0 Å². The van der Waals surface area contributed by atoms with Crippen LogP contribution in [0.5, 0.6) is 57.5 Å². The van der Waals surface area contributed by atoms with Gasteiger partial charge in [0.1, 0.15) is 110 Å². The Labute approximate surface area is 597 Å². The monoisotopic (exact) mass is 1380 g/mol. The van der Waals surface area contributed by atoms with Gasteiger partial charge in [-0.25, -0.2) is 24.7 Å². The number of hydrogen-bond acceptors (Lipinski definition) is 16. The lowest BCUT2D eigenvalue weighted by molar-refractivity contribution is 0.0525. The number of rotatable bonds is 34. The molecular weight excluding hydrogens is 1300 g/mol. The lowest BCUT2D eigenvalue weighted by Crippen LogP contribution is -2.18. The highest BCUT2D eigenvalue weighted by Crippen LogP contribution is 2.36. The van der Waals surface area contributed by atoms with E-state index < -0.39 is 18.2 Å². The van der Waals surface area contributed by atoms with E-state index in [0.717, 1.165) is 33.4 Å². The first-order valence-corrected chi connectivity index (χ1v) is 33.7. The molecule has 0 saturated heterocycles. The van der Waals surface area contributed by atoms with E-state index in [1.165, 1.54) is 0 Å². The number of aromatic nitrogens is 8. The fraction of sp³-hybridized carbons (Fsp3) is 0.193. The second-order valence-corrected chi connectivity index (χ2v) is 24.5. The zero-order valence-corrected chi connectivity index (χ0v) is 57.8. The molecule has 0 aliphatic carbocycles. The molecule has 0 fully saturated rings. The fourth-order valence-corrected chi connectivity index (χ4v) is 11.4. The van der Waals surface area contributed by atoms with Crippen molar-refractivity contribution in [1.82, 2.24) is 38.2 Å². The van der Waals surface area contributed by atoms with Crippen molar-refractivity contribution in [2.45, 2.75) is 72.0 Å². The van der Waals surface area contributed by atoms with Crippen LogP contribution in [0.3, 0.4) is 0 Å². The normalized spacial score (nSPS) is 11.1. The third-order valence-corrected chi connectivity index (χ3v) is 16.6. The zero-order chi connectivity index (χ0) is 70.7. The summed E-state index contributed by atoms with van der Waals surface area (Å²) in [6.45, 7) is 3.55. The predicted octanol–water partition coefficient (Wildman–Crippen LogP) is 15.8. The van der Waals surface area contributed by atoms with Gasteiger partial charge in [-0.2, -0.15) is 0 Å². The van der Waals surface area contributed by atoms with Gasteiger partial charge in [0.05, 0.1) is 12.2 Å². The van der Waals surface area contributed by atoms with Crippen LogP contribution in [-0.2, 0) is 85.8 Å². The van der Waals surface area contributed by atoms with Gasteiger partial charge < -0.3 is 70.4 Å². The standard InChI is InChI=1S/C83H78N8O12/c1-6-93-83(92)66-43-73(100-56-64-39-71(48-75(41-64)102-77(79-84-27-31-88(79)2)80-85-28-32-89(80)3)98-54-62-35-67(94-50-58-19-11-7-12-20-58)45-68(36-62)95-51-59-21-13-8-14-22-59)47-74(44-66)101-57-65-40-72(49-76(42-65)103-78(81-86-29-33-90(81)4)82-87-30-34-91(82)5)99-55-63-37-69(96-52-60-23-15-9-16-24-60)46-70(38-63)97-53-61-25-17-10-18-26-61/h7-49,77-78H,6,50-57H2,1-5H3. The number of carbonyl (C=O) groups is 1. The molecule has 0 aliphatic rings. The van der Waals surface area contributed by atoms with E-state index in [1.54, 1.807) is 49.9 Å². The van der Waals surface area contributed by atoms with Gasteiger partial charge in [-0.1, -0.05) is 121 Å². The second-order valence-electron chi connectivity index (χ2n) is 24.5. The summed E-state index contributed by atoms with van der Waals surface area (Å²) in [5.74, 6) is 6.90. The molecule has 0 bridgehead atoms. The highest BCUT2D eigenvalue weighted by Gasteiger charge is 2.27. The van der Waals surface area contributed by atoms with Crippen LogP contribution in [0.15, 0.2) is 262 Å². The summed E-state index contributed by atoms with van der Waals surface area (Å²) in [5, 5.41) is 0. The van der Waals surface area contributed by atoms with Gasteiger partial charge in [-0.05, 0) is 112 Å². The molecule has 0 atom stereocenters. The van der Waals surface area contributed by atoms with Crippen molar-refractivity contribution in [3.05, 3.63) is 335 Å². The van der Waals surface area contributed by atoms with Crippen LogP contribution in [0.4, 0.5) is 0 Å². The topological polar surface area (TPSA) is 190 Å². The van der Waals surface area contributed by atoms with Crippen LogP contribution >= 0.6 is 0 Å². The van der Waals surface area contributed by atoms with Gasteiger partial charge in [0, 0.05) is 108 Å². The molecule has 0 aliphatic heterocycles. The van der Waals surface area contributed by atoms with E-state index in [0.29, 0.717) is 118 Å². The number of carbonyl (C=O) groups excluding carboxylic acids is 1. The van der Waals surface area contributed by atoms with E-state index in [9.17, 15) is 4.79 Å². The fourth-order valence-electron chi connectivity index (χ4n) is 11.4. The van der Waals surface area contributed by atoms with Gasteiger partial charge >= 0.3 is 5.97 Å². The Balaban J connectivity index is 0.790. The first-order chi connectivity index (χ1) is 50.4. The number of benzene rings is 9. The third kappa shape index (κ3) is 18.8. The predicted molar refractivity (Wildman–Crippen MR) is 386 cm³/mol. The highest BCUT2D eigenvalue weighted by molar-refractivity contribution is 5.90. The summed E-state index contributed by atoms with van der Waals surface area (Å²) >= 11 is 0. The molecule has 0 spiro atoms. The molecule has 0 unspecified atom stereocenters. The van der Waals surface area contributed by atoms with Gasteiger partial charge in [0.2, 0.25) is 12.2 Å². The SMILES string of the molecule is CCOC(=O)c1cc(OCc2cc(OCc3cc(OCc4ccccc4)cc(OCc4ccccc4)c3)cc(OC(c3nccn3C)c3nccn3C)c2)cc(OCc2cc(OCc3cc(OCc4ccccc4)cc(OCc4ccccc4)c3)cc(OC(c3nccn3C)c3nccn3C)c2)c1. The van der Waals surface area contributed by atoms with Crippen molar-refractivity contribution in [2.75, 3.05) is 6.61 Å². The van der Waals surface area contributed by atoms with E-state index in [4.69, 9.17) is 72.0 Å². The molecule has 13 rings (SSSR count). The lowest BCUT2D eigenvalue weighted by atomic mass is 10.1. The van der Waals surface area contributed by atoms with Gasteiger partial charge in [0.15, 0.2) is 23.3 Å². The molecule has 20 nitrogen and oxygen atoms in total. The van der Waals surface area contributed by atoms with Crippen molar-refractivity contribution in [3.8, 4) is 57.5 Å². The number of nitrogens with zero attached hydrogens (tertiary/aromatic N) is 8. The molecule has 103 heavy (non-hydrogen) atoms. The Morgan fingerprint density at radius 3 is 0.757 bits per heavy atom. The molecule has 9 aromatic carbocycles. The molecule has 4 heterocycles. The van der Waals surface area contributed by atoms with Crippen LogP contribution in [0.25, 0.3) is 0 Å². The molecule has 522 valence electrons. The number of aryl methyl sites for hydroxylation is 4. The van der Waals surface area contributed by atoms with Gasteiger partial charge in [-0.3, -0.25) is 0 Å². The summed E-state index contributed by atoms with van der Waals surface area (Å²) < 4.78 is 79.3. The molecular formula is C83H78N8O12. The number of hydrogen-bond donors (Lipinski definition) is 0. The number of ether oxygens (including phenoxy) is 11. The Morgan fingerprint density at radius 1 is 0.301 bits per heavy atom. The molecule has 20 heteroatoms. The Bertz CT molecular complexity index is 4410. The maximum Gasteiger partial charge on any atom is 0.338 e. The Kier molecular flexibility index (Phi) is 22.3. The van der Waals surface area contributed by atoms with Crippen LogP contribution < -0.4 is 47.4 Å². The van der Waals surface area contributed by atoms with E-state index in [-0.39, 0.29) is 38.6 Å². The van der Waals surface area contributed by atoms with E-state index in [2.05, 4.69) is 0 Å². The number of imidazole rings is 4. The maximum atomic E-state index is 13.8. The Hall–Kier alpha value is -12.7. The summed E-state index contributed by atoms with van der Waals surface area (Å²) in [7, 11) is 7.63. The smallest absolute Gasteiger partial charge is 0.338 e. The summed E-state index contributed by atoms with van der Waals surface area (Å²) in [6.07, 6.45) is 12.9. The maximum absolute atomic E-state index is 13.8. The molecule has 0 radical (unpaired) electrons. The molecule has 0 amide bonds. The average Bonchev–Trinajstić information content (AvgIpc) is 1.70. The van der Waals surface area contributed by atoms with Crippen molar-refractivity contribution in [2.24, 2.45) is 28.2 Å². The zero-order valence-electron chi connectivity index (χ0n) is 57.8. The molecule has 13 aromatic rings. The summed E-state index contributed by atoms with van der Waals surface area (Å²) in [6, 6.07) is 67.7. The van der Waals surface area contributed by atoms with Crippen molar-refractivity contribution >= 4 is 5.97 Å². The van der Waals surface area contributed by atoms with Gasteiger partial charge in [-0.15, -0.1) is 0 Å². The first kappa shape index (κ1) is 68.8. The molecule has 0 N–H and O–H groups in total. The Morgan fingerprint density at radius 2 is 0.524 bits per heavy atom. The highest BCUT2D eigenvalue weighted by atomic mass is 16.5. The first-order valence-electron chi connectivity index (χ1n) is 33.7. The van der Waals surface area contributed by atoms with Crippen molar-refractivity contribution in [1.29, 1.82) is 0 Å². The molecule has 0 saturated carbocycles. The average molecular weight is 1380 g/mol. The third-order valence-electron chi connectivity index (χ3n) is 16.6. The van der Waals surface area contributed by atoms with E-state index >= 15 is 0 Å². The van der Waals surface area contributed by atoms with E-state index in [1.807, 2.05) is 265 Å². The van der Waals surface area contributed by atoms with Crippen molar-refractivity contribution in [3.63, 3.8) is 0 Å². The van der Waals surface area contributed by atoms with Crippen LogP contribution in [-0.4, -0.2) is 50.8 Å². The van der Waals surface area contributed by atoms with Crippen molar-refractivity contribution < 1.29 is 56.9 Å². The second kappa shape index (κ2) is 33.4. The minimum Gasteiger partial charge on any atom is -0.489 e. The lowest BCUT2D eigenvalue weighted by Gasteiger charge is -2.20. The quantitative estimate of drug-likeness (QED) is 0.0346. The summed E-state index contributed by atoms with van der Waals surface area (Å²) in [5.41, 5.74) is 7.24. The number of esters is 1. The van der Waals surface area contributed by atoms with Crippen LogP contribution in [0.1, 0.15) is 97.3 Å². The largest absolute Gasteiger partial charge is 0.489 e. The molecule has 4 aromatic heterocycles.